The van der Waals surface area contributed by atoms with Crippen LogP contribution in [0.15, 0.2) is 18.2 Å². The summed E-state index contributed by atoms with van der Waals surface area (Å²) in [5.74, 6) is -0.131. The smallest absolute Gasteiger partial charge is 0.318 e. The predicted molar refractivity (Wildman–Crippen MR) is 53.9 cm³/mol. The molecule has 2 aliphatic rings. The van der Waals surface area contributed by atoms with Crippen molar-refractivity contribution in [1.82, 2.24) is 5.32 Å². The Labute approximate surface area is 92.0 Å². The summed E-state index contributed by atoms with van der Waals surface area (Å²) in [6, 6.07) is 4.75. The van der Waals surface area contributed by atoms with Gasteiger partial charge >= 0.3 is 5.97 Å². The lowest BCUT2D eigenvalue weighted by Gasteiger charge is -2.35. The number of phenols is 1. The van der Waals surface area contributed by atoms with E-state index in [1.807, 2.05) is 0 Å². The number of aromatic hydroxyl groups is 1. The third kappa shape index (κ3) is 1.36. The number of nitrogens with one attached hydrogen (secondary N) is 1. The maximum atomic E-state index is 11.7. The molecule has 5 heteroatoms. The molecular weight excluding hydrogens is 210 g/mol. The summed E-state index contributed by atoms with van der Waals surface area (Å²) in [5, 5.41) is 12.3. The van der Waals surface area contributed by atoms with Gasteiger partial charge in [-0.15, -0.1) is 0 Å². The van der Waals surface area contributed by atoms with Gasteiger partial charge in [0, 0.05) is 18.2 Å². The summed E-state index contributed by atoms with van der Waals surface area (Å²) in [7, 11) is 0. The van der Waals surface area contributed by atoms with Crippen LogP contribution in [0.4, 0.5) is 0 Å². The number of carbonyl (C=O) groups is 1. The van der Waals surface area contributed by atoms with Crippen LogP contribution in [-0.2, 0) is 9.53 Å². The van der Waals surface area contributed by atoms with Crippen molar-refractivity contribution in [1.29, 1.82) is 0 Å². The highest BCUT2D eigenvalue weighted by molar-refractivity contribution is 5.79. The van der Waals surface area contributed by atoms with Crippen LogP contribution in [0.1, 0.15) is 11.7 Å². The second-order valence-corrected chi connectivity index (χ2v) is 3.94. The van der Waals surface area contributed by atoms with Crippen LogP contribution in [0.25, 0.3) is 0 Å². The molecule has 0 radical (unpaired) electrons. The van der Waals surface area contributed by atoms with Gasteiger partial charge in [-0.25, -0.2) is 0 Å². The van der Waals surface area contributed by atoms with Crippen molar-refractivity contribution in [2.24, 2.45) is 5.92 Å². The molecule has 0 aliphatic carbocycles. The average Bonchev–Trinajstić information content (AvgIpc) is 2.29. The van der Waals surface area contributed by atoms with Gasteiger partial charge in [-0.1, -0.05) is 0 Å². The number of ether oxygens (including phenoxy) is 2. The van der Waals surface area contributed by atoms with Gasteiger partial charge in [-0.2, -0.15) is 0 Å². The number of rotatable bonds is 0. The Bertz CT molecular complexity index is 446. The molecule has 2 aliphatic heterocycles. The predicted octanol–water partition coefficient (Wildman–Crippen LogP) is 0.546. The fourth-order valence-corrected chi connectivity index (χ4v) is 2.13. The van der Waals surface area contributed by atoms with Crippen LogP contribution in [-0.4, -0.2) is 24.4 Å². The number of benzene rings is 1. The molecule has 3 rings (SSSR count). The van der Waals surface area contributed by atoms with E-state index in [-0.39, 0.29) is 23.7 Å². The zero-order chi connectivity index (χ0) is 11.1. The standard InChI is InChI=1S/C11H11NO4/c13-6-1-2-7-9(3-6)16-11(14)8-4-12-5-15-10(7)8/h1-3,8,10,12-13H,4-5H2. The van der Waals surface area contributed by atoms with Gasteiger partial charge in [0.15, 0.2) is 0 Å². The first kappa shape index (κ1) is 9.62. The SMILES string of the molecule is O=C1Oc2cc(O)ccc2C2OCNCC12. The number of esters is 1. The first-order chi connectivity index (χ1) is 7.75. The number of hydrogen-bond donors (Lipinski definition) is 2. The molecule has 2 N–H and O–H groups in total. The highest BCUT2D eigenvalue weighted by atomic mass is 16.6. The lowest BCUT2D eigenvalue weighted by atomic mass is 9.91. The van der Waals surface area contributed by atoms with Gasteiger partial charge in [-0.05, 0) is 12.1 Å². The molecule has 2 atom stereocenters. The van der Waals surface area contributed by atoms with Gasteiger partial charge < -0.3 is 14.6 Å². The lowest BCUT2D eigenvalue weighted by molar-refractivity contribution is -0.152. The molecule has 0 saturated carbocycles. The molecule has 5 nitrogen and oxygen atoms in total. The average molecular weight is 221 g/mol. The van der Waals surface area contributed by atoms with E-state index in [4.69, 9.17) is 9.47 Å². The molecule has 0 aromatic heterocycles. The molecule has 2 unspecified atom stereocenters. The van der Waals surface area contributed by atoms with Crippen LogP contribution >= 0.6 is 0 Å². The van der Waals surface area contributed by atoms with E-state index in [1.54, 1.807) is 12.1 Å². The highest BCUT2D eigenvalue weighted by Crippen LogP contribution is 2.40. The van der Waals surface area contributed by atoms with Crippen LogP contribution in [0.3, 0.4) is 0 Å². The van der Waals surface area contributed by atoms with Gasteiger partial charge in [0.25, 0.3) is 0 Å². The van der Waals surface area contributed by atoms with Crippen molar-refractivity contribution in [2.75, 3.05) is 13.3 Å². The van der Waals surface area contributed by atoms with Gasteiger partial charge in [0.05, 0.1) is 6.73 Å². The highest BCUT2D eigenvalue weighted by Gasteiger charge is 2.40. The van der Waals surface area contributed by atoms with Crippen molar-refractivity contribution in [3.05, 3.63) is 23.8 Å². The van der Waals surface area contributed by atoms with Crippen molar-refractivity contribution >= 4 is 5.97 Å². The Morgan fingerprint density at radius 1 is 1.44 bits per heavy atom. The second-order valence-electron chi connectivity index (χ2n) is 3.94. The topological polar surface area (TPSA) is 67.8 Å². The Morgan fingerprint density at radius 2 is 2.31 bits per heavy atom. The van der Waals surface area contributed by atoms with Crippen LogP contribution in [0.2, 0.25) is 0 Å². The van der Waals surface area contributed by atoms with Crippen LogP contribution in [0.5, 0.6) is 11.5 Å². The Kier molecular flexibility index (Phi) is 2.08. The van der Waals surface area contributed by atoms with Gasteiger partial charge in [0.2, 0.25) is 0 Å². The van der Waals surface area contributed by atoms with Crippen LogP contribution in [0, 0.1) is 5.92 Å². The zero-order valence-electron chi connectivity index (χ0n) is 8.47. The lowest BCUT2D eigenvalue weighted by Crippen LogP contribution is -2.45. The first-order valence-corrected chi connectivity index (χ1v) is 5.12. The van der Waals surface area contributed by atoms with Crippen LogP contribution < -0.4 is 10.1 Å². The minimum absolute atomic E-state index is 0.0823. The minimum Gasteiger partial charge on any atom is -0.508 e. The molecule has 84 valence electrons. The molecule has 1 aromatic rings. The summed E-state index contributed by atoms with van der Waals surface area (Å²) >= 11 is 0. The Balaban J connectivity index is 2.06. The molecule has 0 bridgehead atoms. The number of fused-ring (bicyclic) bond motifs is 3. The molecular formula is C11H11NO4. The maximum Gasteiger partial charge on any atom is 0.318 e. The zero-order valence-corrected chi connectivity index (χ0v) is 8.47. The monoisotopic (exact) mass is 221 g/mol. The maximum absolute atomic E-state index is 11.7. The first-order valence-electron chi connectivity index (χ1n) is 5.12. The van der Waals surface area contributed by atoms with E-state index < -0.39 is 0 Å². The molecule has 0 amide bonds. The van der Waals surface area contributed by atoms with Gasteiger partial charge in [-0.3, -0.25) is 10.1 Å². The van der Waals surface area contributed by atoms with E-state index in [0.717, 1.165) is 5.56 Å². The summed E-state index contributed by atoms with van der Waals surface area (Å²) < 4.78 is 10.7. The molecule has 1 saturated heterocycles. The Hall–Kier alpha value is -1.59. The van der Waals surface area contributed by atoms with E-state index in [0.29, 0.717) is 19.0 Å². The quantitative estimate of drug-likeness (QED) is 0.494. The molecule has 0 spiro atoms. The number of carbonyl (C=O) groups excluding carboxylic acids is 1. The minimum atomic E-state index is -0.310. The van der Waals surface area contributed by atoms with Crippen molar-refractivity contribution < 1.29 is 19.4 Å². The van der Waals surface area contributed by atoms with E-state index >= 15 is 0 Å². The Morgan fingerprint density at radius 3 is 3.19 bits per heavy atom. The molecule has 1 aromatic carbocycles. The summed E-state index contributed by atoms with van der Waals surface area (Å²) in [4.78, 5) is 11.7. The van der Waals surface area contributed by atoms with Crippen molar-refractivity contribution in [2.45, 2.75) is 6.10 Å². The number of phenolic OH excluding ortho intramolecular Hbond substituents is 1. The summed E-state index contributed by atoms with van der Waals surface area (Å²) in [5.41, 5.74) is 0.823. The molecule has 2 heterocycles. The number of hydrogen-bond acceptors (Lipinski definition) is 5. The summed E-state index contributed by atoms with van der Waals surface area (Å²) in [6.45, 7) is 0.985. The summed E-state index contributed by atoms with van der Waals surface area (Å²) in [6.07, 6.45) is -0.266. The third-order valence-electron chi connectivity index (χ3n) is 2.91. The van der Waals surface area contributed by atoms with E-state index in [2.05, 4.69) is 5.32 Å². The largest absolute Gasteiger partial charge is 0.508 e. The van der Waals surface area contributed by atoms with E-state index in [9.17, 15) is 9.90 Å². The van der Waals surface area contributed by atoms with E-state index in [1.165, 1.54) is 6.07 Å². The normalized spacial score (nSPS) is 27.9. The van der Waals surface area contributed by atoms with Crippen molar-refractivity contribution in [3.63, 3.8) is 0 Å². The van der Waals surface area contributed by atoms with Crippen molar-refractivity contribution in [3.8, 4) is 11.5 Å². The molecule has 1 fully saturated rings. The molecule has 16 heavy (non-hydrogen) atoms. The third-order valence-corrected chi connectivity index (χ3v) is 2.91. The fourth-order valence-electron chi connectivity index (χ4n) is 2.13. The van der Waals surface area contributed by atoms with Gasteiger partial charge in [0.1, 0.15) is 23.5 Å². The fraction of sp³-hybridized carbons (Fsp3) is 0.364. The second kappa shape index (κ2) is 3.47.